The van der Waals surface area contributed by atoms with Gasteiger partial charge in [-0.3, -0.25) is 4.79 Å². The molecule has 4 heteroatoms. The van der Waals surface area contributed by atoms with E-state index >= 15 is 0 Å². The van der Waals surface area contributed by atoms with Gasteiger partial charge in [-0.25, -0.2) is 0 Å². The van der Waals surface area contributed by atoms with Crippen molar-refractivity contribution in [1.82, 2.24) is 5.32 Å². The normalized spacial score (nSPS) is 15.2. The van der Waals surface area contributed by atoms with Gasteiger partial charge in [0.05, 0.1) is 12.1 Å². The van der Waals surface area contributed by atoms with Crippen LogP contribution in [0.2, 0.25) is 0 Å². The summed E-state index contributed by atoms with van der Waals surface area (Å²) in [6.45, 7) is 2.33. The molecule has 0 fully saturated rings. The molecular formula is C8H18N2O2. The zero-order valence-electron chi connectivity index (χ0n) is 7.49. The Labute approximate surface area is 73.1 Å². The van der Waals surface area contributed by atoms with E-state index in [1.54, 1.807) is 6.92 Å². The molecule has 4 nitrogen and oxygen atoms in total. The van der Waals surface area contributed by atoms with Crippen LogP contribution < -0.4 is 11.1 Å². The van der Waals surface area contributed by atoms with Crippen LogP contribution in [0.1, 0.15) is 26.2 Å². The highest BCUT2D eigenvalue weighted by Gasteiger charge is 2.12. The number of amides is 1. The van der Waals surface area contributed by atoms with Crippen molar-refractivity contribution < 1.29 is 9.90 Å². The van der Waals surface area contributed by atoms with Crippen LogP contribution in [0.15, 0.2) is 0 Å². The van der Waals surface area contributed by atoms with Crippen LogP contribution in [0.3, 0.4) is 0 Å². The lowest BCUT2D eigenvalue weighted by atomic mass is 10.1. The van der Waals surface area contributed by atoms with Crippen molar-refractivity contribution in [2.75, 3.05) is 6.54 Å². The minimum Gasteiger partial charge on any atom is -0.391 e. The van der Waals surface area contributed by atoms with E-state index in [9.17, 15) is 9.90 Å². The second kappa shape index (κ2) is 7.06. The Bertz CT molecular complexity index is 118. The Kier molecular flexibility index (Phi) is 6.70. The second-order valence-corrected chi connectivity index (χ2v) is 2.92. The van der Waals surface area contributed by atoms with Crippen LogP contribution in [-0.4, -0.2) is 30.2 Å². The summed E-state index contributed by atoms with van der Waals surface area (Å²) < 4.78 is 0. The van der Waals surface area contributed by atoms with E-state index in [1.807, 2.05) is 0 Å². The number of aliphatic hydroxyl groups is 1. The quantitative estimate of drug-likeness (QED) is 0.363. The first-order valence-corrected chi connectivity index (χ1v) is 4.30. The monoisotopic (exact) mass is 174 g/mol. The van der Waals surface area contributed by atoms with E-state index in [1.165, 1.54) is 0 Å². The zero-order valence-corrected chi connectivity index (χ0v) is 7.49. The first kappa shape index (κ1) is 11.4. The van der Waals surface area contributed by atoms with Gasteiger partial charge in [-0.2, -0.15) is 0 Å². The molecule has 1 amide bonds. The molecule has 0 bridgehead atoms. The molecule has 2 atom stereocenters. The number of carbonyl (C=O) groups is 1. The summed E-state index contributed by atoms with van der Waals surface area (Å²) in [5.41, 5.74) is 5.31. The summed E-state index contributed by atoms with van der Waals surface area (Å²) in [6.07, 6.45) is 2.79. The Morgan fingerprint density at radius 1 is 1.58 bits per heavy atom. The van der Waals surface area contributed by atoms with Gasteiger partial charge in [-0.05, 0) is 26.3 Å². The Balaban J connectivity index is 3.55. The molecule has 0 aliphatic carbocycles. The van der Waals surface area contributed by atoms with Crippen molar-refractivity contribution in [3.8, 4) is 0 Å². The largest absolute Gasteiger partial charge is 0.391 e. The molecule has 0 saturated carbocycles. The fourth-order valence-corrected chi connectivity index (χ4v) is 1.06. The molecule has 0 aliphatic heterocycles. The number of carbonyl (C=O) groups excluding carboxylic acids is 1. The highest BCUT2D eigenvalue weighted by Crippen LogP contribution is 2.03. The number of rotatable bonds is 7. The smallest absolute Gasteiger partial charge is 0.207 e. The molecule has 0 rings (SSSR count). The highest BCUT2D eigenvalue weighted by molar-refractivity contribution is 5.46. The predicted octanol–water partition coefficient (Wildman–Crippen LogP) is -0.389. The molecule has 2 unspecified atom stereocenters. The topological polar surface area (TPSA) is 75.3 Å². The molecule has 0 heterocycles. The molecule has 12 heavy (non-hydrogen) atoms. The Morgan fingerprint density at radius 3 is 2.67 bits per heavy atom. The molecule has 0 aromatic heterocycles. The van der Waals surface area contributed by atoms with Crippen LogP contribution in [-0.2, 0) is 4.79 Å². The van der Waals surface area contributed by atoms with Crippen molar-refractivity contribution >= 4 is 6.41 Å². The minimum absolute atomic E-state index is 0.131. The van der Waals surface area contributed by atoms with Gasteiger partial charge in [0, 0.05) is 0 Å². The highest BCUT2D eigenvalue weighted by atomic mass is 16.3. The van der Waals surface area contributed by atoms with Crippen molar-refractivity contribution in [2.45, 2.75) is 38.3 Å². The average molecular weight is 174 g/mol. The van der Waals surface area contributed by atoms with E-state index in [-0.39, 0.29) is 6.04 Å². The van der Waals surface area contributed by atoms with Crippen LogP contribution in [0.25, 0.3) is 0 Å². The maximum atomic E-state index is 10.1. The number of aliphatic hydroxyl groups excluding tert-OH is 1. The van der Waals surface area contributed by atoms with E-state index < -0.39 is 6.10 Å². The molecule has 0 spiro atoms. The SMILES string of the molecule is CC(O)C(CCCCN)NC=O. The van der Waals surface area contributed by atoms with Gasteiger partial charge in [0.1, 0.15) is 0 Å². The first-order valence-electron chi connectivity index (χ1n) is 4.30. The lowest BCUT2D eigenvalue weighted by molar-refractivity contribution is -0.110. The lowest BCUT2D eigenvalue weighted by Gasteiger charge is -2.18. The van der Waals surface area contributed by atoms with Gasteiger partial charge in [-0.1, -0.05) is 6.42 Å². The van der Waals surface area contributed by atoms with Crippen molar-refractivity contribution in [2.24, 2.45) is 5.73 Å². The zero-order chi connectivity index (χ0) is 9.40. The molecule has 72 valence electrons. The van der Waals surface area contributed by atoms with Gasteiger partial charge in [0.2, 0.25) is 6.41 Å². The van der Waals surface area contributed by atoms with E-state index in [4.69, 9.17) is 5.73 Å². The summed E-state index contributed by atoms with van der Waals surface area (Å²) in [6, 6.07) is -0.131. The molecule has 0 aromatic rings. The average Bonchev–Trinajstić information content (AvgIpc) is 2.03. The molecular weight excluding hydrogens is 156 g/mol. The van der Waals surface area contributed by atoms with Gasteiger partial charge in [-0.15, -0.1) is 0 Å². The first-order chi connectivity index (χ1) is 5.72. The Morgan fingerprint density at radius 2 is 2.25 bits per heavy atom. The molecule has 0 radical (unpaired) electrons. The van der Waals surface area contributed by atoms with Gasteiger partial charge < -0.3 is 16.2 Å². The Hall–Kier alpha value is -0.610. The molecule has 4 N–H and O–H groups in total. The summed E-state index contributed by atoms with van der Waals surface area (Å²) in [7, 11) is 0. The summed E-state index contributed by atoms with van der Waals surface area (Å²) in [5.74, 6) is 0. The molecule has 0 aromatic carbocycles. The maximum Gasteiger partial charge on any atom is 0.207 e. The molecule has 0 aliphatic rings. The number of nitrogens with two attached hydrogens (primary N) is 1. The van der Waals surface area contributed by atoms with Crippen molar-refractivity contribution in [3.05, 3.63) is 0 Å². The van der Waals surface area contributed by atoms with Crippen LogP contribution in [0.4, 0.5) is 0 Å². The van der Waals surface area contributed by atoms with E-state index in [2.05, 4.69) is 5.32 Å². The van der Waals surface area contributed by atoms with Crippen LogP contribution >= 0.6 is 0 Å². The second-order valence-electron chi connectivity index (χ2n) is 2.92. The van der Waals surface area contributed by atoms with Crippen molar-refractivity contribution in [1.29, 1.82) is 0 Å². The van der Waals surface area contributed by atoms with E-state index in [0.29, 0.717) is 13.0 Å². The minimum atomic E-state index is -0.493. The third kappa shape index (κ3) is 5.09. The van der Waals surface area contributed by atoms with E-state index in [0.717, 1.165) is 19.3 Å². The number of unbranched alkanes of at least 4 members (excludes halogenated alkanes) is 1. The molecule has 0 saturated heterocycles. The van der Waals surface area contributed by atoms with Crippen LogP contribution in [0, 0.1) is 0 Å². The summed E-state index contributed by atoms with van der Waals surface area (Å²) >= 11 is 0. The van der Waals surface area contributed by atoms with Gasteiger partial charge in [0.25, 0.3) is 0 Å². The number of nitrogens with one attached hydrogen (secondary N) is 1. The third-order valence-electron chi connectivity index (χ3n) is 1.83. The van der Waals surface area contributed by atoms with Crippen LogP contribution in [0.5, 0.6) is 0 Å². The number of hydrogen-bond acceptors (Lipinski definition) is 3. The van der Waals surface area contributed by atoms with Gasteiger partial charge in [0.15, 0.2) is 0 Å². The fourth-order valence-electron chi connectivity index (χ4n) is 1.06. The van der Waals surface area contributed by atoms with Crippen molar-refractivity contribution in [3.63, 3.8) is 0 Å². The summed E-state index contributed by atoms with van der Waals surface area (Å²) in [5, 5.41) is 11.8. The summed E-state index contributed by atoms with van der Waals surface area (Å²) in [4.78, 5) is 10.1. The lowest BCUT2D eigenvalue weighted by Crippen LogP contribution is -2.37. The predicted molar refractivity (Wildman–Crippen MR) is 47.6 cm³/mol. The standard InChI is InChI=1S/C8H18N2O2/c1-7(12)8(10-6-11)4-2-3-5-9/h6-8,12H,2-5,9H2,1H3,(H,10,11). The van der Waals surface area contributed by atoms with Gasteiger partial charge >= 0.3 is 0 Å². The third-order valence-corrected chi connectivity index (χ3v) is 1.83. The fraction of sp³-hybridized carbons (Fsp3) is 0.875. The number of hydrogen-bond donors (Lipinski definition) is 3. The maximum absolute atomic E-state index is 10.1.